The Hall–Kier alpha value is -1.39. The molecule has 0 saturated carbocycles. The van der Waals surface area contributed by atoms with Crippen LogP contribution in [0.5, 0.6) is 5.75 Å². The first-order chi connectivity index (χ1) is 9.11. The van der Waals surface area contributed by atoms with Crippen molar-refractivity contribution < 1.29 is 4.74 Å². The lowest BCUT2D eigenvalue weighted by atomic mass is 10.1. The summed E-state index contributed by atoms with van der Waals surface area (Å²) in [5.41, 5.74) is 3.44. The van der Waals surface area contributed by atoms with Crippen molar-refractivity contribution in [1.29, 1.82) is 0 Å². The average Bonchev–Trinajstić information content (AvgIpc) is 2.70. The molecule has 0 saturated heterocycles. The van der Waals surface area contributed by atoms with E-state index >= 15 is 0 Å². The number of nitrogens with one attached hydrogen (secondary N) is 1. The van der Waals surface area contributed by atoms with Crippen molar-refractivity contribution in [3.63, 3.8) is 0 Å². The SMILES string of the molecule is CNCc1sc(COc2c(C)cccc2C)nc1C. The first-order valence-electron chi connectivity index (χ1n) is 6.40. The number of aromatic nitrogens is 1. The minimum Gasteiger partial charge on any atom is -0.486 e. The summed E-state index contributed by atoms with van der Waals surface area (Å²) < 4.78 is 5.93. The Bertz CT molecular complexity index is 543. The highest BCUT2D eigenvalue weighted by Gasteiger charge is 2.09. The number of nitrogens with zero attached hydrogens (tertiary/aromatic N) is 1. The Balaban J connectivity index is 2.08. The van der Waals surface area contributed by atoms with Crippen LogP contribution in [0.25, 0.3) is 0 Å². The predicted molar refractivity (Wildman–Crippen MR) is 79.9 cm³/mol. The van der Waals surface area contributed by atoms with Gasteiger partial charge in [-0.05, 0) is 38.9 Å². The smallest absolute Gasteiger partial charge is 0.140 e. The number of rotatable bonds is 5. The molecule has 0 amide bonds. The van der Waals surface area contributed by atoms with Gasteiger partial charge in [-0.3, -0.25) is 0 Å². The van der Waals surface area contributed by atoms with Gasteiger partial charge in [0.2, 0.25) is 0 Å². The molecule has 0 unspecified atom stereocenters. The molecule has 0 fully saturated rings. The molecular formula is C15H20N2OS. The van der Waals surface area contributed by atoms with Crippen LogP contribution in [0, 0.1) is 20.8 Å². The molecule has 3 nitrogen and oxygen atoms in total. The second-order valence-electron chi connectivity index (χ2n) is 4.66. The predicted octanol–water partition coefficient (Wildman–Crippen LogP) is 3.37. The van der Waals surface area contributed by atoms with E-state index in [2.05, 4.69) is 42.3 Å². The molecule has 4 heteroatoms. The van der Waals surface area contributed by atoms with E-state index in [4.69, 9.17) is 4.74 Å². The second kappa shape index (κ2) is 6.17. The van der Waals surface area contributed by atoms with Gasteiger partial charge in [-0.2, -0.15) is 0 Å². The Morgan fingerprint density at radius 3 is 2.53 bits per heavy atom. The molecular weight excluding hydrogens is 256 g/mol. The van der Waals surface area contributed by atoms with Crippen molar-refractivity contribution in [3.05, 3.63) is 44.9 Å². The standard InChI is InChI=1S/C15H20N2OS/c1-10-6-5-7-11(2)15(10)18-9-14-17-12(3)13(19-14)8-16-4/h5-7,16H,8-9H2,1-4H3. The maximum absolute atomic E-state index is 5.93. The van der Waals surface area contributed by atoms with Crippen LogP contribution in [-0.2, 0) is 13.2 Å². The number of thiazole rings is 1. The molecule has 1 aromatic heterocycles. The molecule has 0 aliphatic rings. The number of aryl methyl sites for hydroxylation is 3. The lowest BCUT2D eigenvalue weighted by Crippen LogP contribution is -2.04. The van der Waals surface area contributed by atoms with Crippen molar-refractivity contribution in [2.24, 2.45) is 0 Å². The number of para-hydroxylation sites is 1. The molecule has 102 valence electrons. The van der Waals surface area contributed by atoms with Crippen LogP contribution in [0.2, 0.25) is 0 Å². The zero-order chi connectivity index (χ0) is 13.8. The average molecular weight is 276 g/mol. The molecule has 0 aliphatic heterocycles. The van der Waals surface area contributed by atoms with Gasteiger partial charge in [0.05, 0.1) is 5.69 Å². The second-order valence-corrected chi connectivity index (χ2v) is 5.82. The van der Waals surface area contributed by atoms with Crippen molar-refractivity contribution in [2.75, 3.05) is 7.05 Å². The molecule has 2 rings (SSSR count). The molecule has 19 heavy (non-hydrogen) atoms. The Morgan fingerprint density at radius 2 is 1.89 bits per heavy atom. The van der Waals surface area contributed by atoms with E-state index in [1.807, 2.05) is 14.0 Å². The Morgan fingerprint density at radius 1 is 1.21 bits per heavy atom. The van der Waals surface area contributed by atoms with E-state index < -0.39 is 0 Å². The van der Waals surface area contributed by atoms with E-state index in [0.717, 1.165) is 23.0 Å². The Labute approximate surface area is 118 Å². The zero-order valence-corrected chi connectivity index (χ0v) is 12.7. The van der Waals surface area contributed by atoms with E-state index in [1.54, 1.807) is 11.3 Å². The van der Waals surface area contributed by atoms with Crippen molar-refractivity contribution in [3.8, 4) is 5.75 Å². The van der Waals surface area contributed by atoms with Crippen molar-refractivity contribution >= 4 is 11.3 Å². The van der Waals surface area contributed by atoms with Gasteiger partial charge in [0.25, 0.3) is 0 Å². The van der Waals surface area contributed by atoms with Gasteiger partial charge in [0.15, 0.2) is 0 Å². The van der Waals surface area contributed by atoms with Crippen LogP contribution in [0.1, 0.15) is 26.7 Å². The summed E-state index contributed by atoms with van der Waals surface area (Å²) in [6, 6.07) is 6.19. The zero-order valence-electron chi connectivity index (χ0n) is 11.9. The number of benzene rings is 1. The van der Waals surface area contributed by atoms with Crippen LogP contribution in [0.3, 0.4) is 0 Å². The molecule has 0 radical (unpaired) electrons. The highest BCUT2D eigenvalue weighted by atomic mass is 32.1. The first-order valence-corrected chi connectivity index (χ1v) is 7.22. The van der Waals surface area contributed by atoms with Crippen LogP contribution < -0.4 is 10.1 Å². The fourth-order valence-electron chi connectivity index (χ4n) is 2.04. The third-order valence-electron chi connectivity index (χ3n) is 3.02. The van der Waals surface area contributed by atoms with Crippen molar-refractivity contribution in [2.45, 2.75) is 33.9 Å². The quantitative estimate of drug-likeness (QED) is 0.909. The summed E-state index contributed by atoms with van der Waals surface area (Å²) in [4.78, 5) is 5.84. The third-order valence-corrected chi connectivity index (χ3v) is 4.15. The van der Waals surface area contributed by atoms with E-state index in [0.29, 0.717) is 6.61 Å². The third kappa shape index (κ3) is 3.33. The van der Waals surface area contributed by atoms with E-state index in [1.165, 1.54) is 16.0 Å². The molecule has 1 heterocycles. The van der Waals surface area contributed by atoms with E-state index in [-0.39, 0.29) is 0 Å². The number of hydrogen-bond acceptors (Lipinski definition) is 4. The molecule has 0 aliphatic carbocycles. The van der Waals surface area contributed by atoms with Gasteiger partial charge in [0.1, 0.15) is 17.4 Å². The van der Waals surface area contributed by atoms with Crippen molar-refractivity contribution in [1.82, 2.24) is 10.3 Å². The fraction of sp³-hybridized carbons (Fsp3) is 0.400. The summed E-state index contributed by atoms with van der Waals surface area (Å²) in [6.07, 6.45) is 0. The summed E-state index contributed by atoms with van der Waals surface area (Å²) >= 11 is 1.72. The van der Waals surface area contributed by atoms with Crippen LogP contribution in [0.15, 0.2) is 18.2 Å². The topological polar surface area (TPSA) is 34.1 Å². The highest BCUT2D eigenvalue weighted by molar-refractivity contribution is 7.11. The number of hydrogen-bond donors (Lipinski definition) is 1. The van der Waals surface area contributed by atoms with E-state index in [9.17, 15) is 0 Å². The molecule has 0 spiro atoms. The molecule has 0 bridgehead atoms. The monoisotopic (exact) mass is 276 g/mol. The minimum absolute atomic E-state index is 0.543. The summed E-state index contributed by atoms with van der Waals surface area (Å²) in [5.74, 6) is 0.977. The Kier molecular flexibility index (Phi) is 4.56. The minimum atomic E-state index is 0.543. The number of ether oxygens (including phenoxy) is 1. The van der Waals surface area contributed by atoms with Gasteiger partial charge in [-0.1, -0.05) is 18.2 Å². The molecule has 1 aromatic carbocycles. The summed E-state index contributed by atoms with van der Waals surface area (Å²) in [7, 11) is 1.95. The lowest BCUT2D eigenvalue weighted by Gasteiger charge is -2.10. The maximum atomic E-state index is 5.93. The molecule has 1 N–H and O–H groups in total. The normalized spacial score (nSPS) is 10.7. The first kappa shape index (κ1) is 14.0. The van der Waals surface area contributed by atoms with Gasteiger partial charge in [-0.25, -0.2) is 4.98 Å². The molecule has 0 atom stereocenters. The maximum Gasteiger partial charge on any atom is 0.140 e. The summed E-state index contributed by atoms with van der Waals surface area (Å²) in [5, 5.41) is 4.19. The van der Waals surface area contributed by atoms with Crippen LogP contribution >= 0.6 is 11.3 Å². The summed E-state index contributed by atoms with van der Waals surface area (Å²) in [6.45, 7) is 7.60. The highest BCUT2D eigenvalue weighted by Crippen LogP contribution is 2.25. The van der Waals surface area contributed by atoms with Crippen LogP contribution in [-0.4, -0.2) is 12.0 Å². The lowest BCUT2D eigenvalue weighted by molar-refractivity contribution is 0.301. The van der Waals surface area contributed by atoms with Gasteiger partial charge in [0, 0.05) is 11.4 Å². The fourth-order valence-corrected chi connectivity index (χ4v) is 3.03. The van der Waals surface area contributed by atoms with Gasteiger partial charge < -0.3 is 10.1 Å². The molecule has 2 aromatic rings. The van der Waals surface area contributed by atoms with Crippen LogP contribution in [0.4, 0.5) is 0 Å². The largest absolute Gasteiger partial charge is 0.486 e. The van der Waals surface area contributed by atoms with Gasteiger partial charge in [-0.15, -0.1) is 11.3 Å². The van der Waals surface area contributed by atoms with Gasteiger partial charge >= 0.3 is 0 Å².